The minimum Gasteiger partial charge on any atom is -0.377 e. The molecule has 30 heavy (non-hydrogen) atoms. The smallest absolute Gasteiger partial charge is 0.191 e. The van der Waals surface area contributed by atoms with Gasteiger partial charge in [-0.25, -0.2) is 4.98 Å². The number of allylic oxidation sites excluding steroid dienone is 1. The summed E-state index contributed by atoms with van der Waals surface area (Å²) in [4.78, 5) is 6.70. The van der Waals surface area contributed by atoms with Crippen molar-refractivity contribution in [3.63, 3.8) is 0 Å². The monoisotopic (exact) mass is 424 g/mol. The molecule has 1 aliphatic heterocycles. The quantitative estimate of drug-likeness (QED) is 0.366. The number of thioether (sulfide) groups is 1. The Kier molecular flexibility index (Phi) is 6.99. The van der Waals surface area contributed by atoms with Gasteiger partial charge in [0.2, 0.25) is 0 Å². The maximum absolute atomic E-state index is 5.74. The molecule has 0 saturated carbocycles. The molecule has 7 nitrogen and oxygen atoms in total. The number of rotatable bonds is 10. The zero-order chi connectivity index (χ0) is 20.8. The van der Waals surface area contributed by atoms with Crippen LogP contribution in [0.5, 0.6) is 0 Å². The van der Waals surface area contributed by atoms with Crippen molar-refractivity contribution in [1.82, 2.24) is 29.2 Å². The fourth-order valence-corrected chi connectivity index (χ4v) is 4.67. The van der Waals surface area contributed by atoms with E-state index in [0.717, 1.165) is 48.5 Å². The number of pyridine rings is 1. The van der Waals surface area contributed by atoms with Crippen LogP contribution in [0.25, 0.3) is 5.82 Å². The zero-order valence-electron chi connectivity index (χ0n) is 17.4. The first-order valence-corrected chi connectivity index (χ1v) is 11.3. The highest BCUT2D eigenvalue weighted by atomic mass is 32.2. The number of ether oxygens (including phenoxy) is 1. The van der Waals surface area contributed by atoms with Gasteiger partial charge in [-0.05, 0) is 44.2 Å². The van der Waals surface area contributed by atoms with E-state index in [0.29, 0.717) is 19.2 Å². The van der Waals surface area contributed by atoms with Gasteiger partial charge in [-0.3, -0.25) is 4.90 Å². The molecule has 0 aliphatic carbocycles. The van der Waals surface area contributed by atoms with E-state index >= 15 is 0 Å². The average Bonchev–Trinajstić information content (AvgIpc) is 3.50. The van der Waals surface area contributed by atoms with Crippen molar-refractivity contribution in [3.05, 3.63) is 66.9 Å². The lowest BCUT2D eigenvalue weighted by molar-refractivity contribution is 0.129. The molecule has 0 amide bonds. The van der Waals surface area contributed by atoms with Gasteiger partial charge >= 0.3 is 0 Å². The molecular weight excluding hydrogens is 396 g/mol. The average molecular weight is 425 g/mol. The van der Waals surface area contributed by atoms with Crippen molar-refractivity contribution in [2.45, 2.75) is 43.7 Å². The fourth-order valence-electron chi connectivity index (χ4n) is 3.64. The summed E-state index contributed by atoms with van der Waals surface area (Å²) in [6, 6.07) is 10.1. The van der Waals surface area contributed by atoms with E-state index in [1.807, 2.05) is 36.7 Å². The molecule has 0 bridgehead atoms. The highest BCUT2D eigenvalue weighted by Crippen LogP contribution is 2.24. The molecule has 1 fully saturated rings. The maximum atomic E-state index is 5.74. The highest BCUT2D eigenvalue weighted by molar-refractivity contribution is 7.99. The van der Waals surface area contributed by atoms with Gasteiger partial charge < -0.3 is 13.9 Å². The molecule has 4 heterocycles. The Labute approximate surface area is 181 Å². The van der Waals surface area contributed by atoms with Gasteiger partial charge in [0, 0.05) is 43.5 Å². The predicted molar refractivity (Wildman–Crippen MR) is 119 cm³/mol. The van der Waals surface area contributed by atoms with Crippen molar-refractivity contribution in [2.75, 3.05) is 19.4 Å². The Hall–Kier alpha value is -2.42. The number of hydrogen-bond donors (Lipinski definition) is 0. The summed E-state index contributed by atoms with van der Waals surface area (Å²) in [6.45, 7) is 6.97. The maximum Gasteiger partial charge on any atom is 0.191 e. The van der Waals surface area contributed by atoms with Crippen LogP contribution in [0, 0.1) is 0 Å². The van der Waals surface area contributed by atoms with Crippen LogP contribution in [-0.2, 0) is 24.4 Å². The van der Waals surface area contributed by atoms with Crippen LogP contribution in [0.15, 0.2) is 60.5 Å². The third-order valence-electron chi connectivity index (χ3n) is 5.10. The van der Waals surface area contributed by atoms with Crippen LogP contribution in [-0.4, -0.2) is 54.7 Å². The van der Waals surface area contributed by atoms with E-state index in [4.69, 9.17) is 4.74 Å². The number of hydrogen-bond acceptors (Lipinski definition) is 6. The number of nitrogens with zero attached hydrogens (tertiary/aromatic N) is 6. The second kappa shape index (κ2) is 10.1. The van der Waals surface area contributed by atoms with Gasteiger partial charge in [-0.1, -0.05) is 23.9 Å². The molecular formula is C22H28N6OS. The Morgan fingerprint density at radius 2 is 2.20 bits per heavy atom. The first kappa shape index (κ1) is 20.8. The van der Waals surface area contributed by atoms with E-state index in [9.17, 15) is 0 Å². The van der Waals surface area contributed by atoms with Crippen molar-refractivity contribution < 1.29 is 4.74 Å². The SMILES string of the molecule is C=CCn1c(CN(C)Cc2cccn2-c2ccccn2)nnc1SCC1CCCO1. The van der Waals surface area contributed by atoms with Crippen LogP contribution in [0.4, 0.5) is 0 Å². The van der Waals surface area contributed by atoms with E-state index in [-0.39, 0.29) is 0 Å². The Balaban J connectivity index is 1.42. The van der Waals surface area contributed by atoms with E-state index in [1.54, 1.807) is 11.8 Å². The van der Waals surface area contributed by atoms with Crippen LogP contribution in [0.3, 0.4) is 0 Å². The molecule has 158 valence electrons. The van der Waals surface area contributed by atoms with Crippen LogP contribution in [0.1, 0.15) is 24.4 Å². The van der Waals surface area contributed by atoms with E-state index in [1.165, 1.54) is 5.69 Å². The summed E-state index contributed by atoms with van der Waals surface area (Å²) in [5.41, 5.74) is 1.18. The second-order valence-corrected chi connectivity index (χ2v) is 8.46. The summed E-state index contributed by atoms with van der Waals surface area (Å²) < 4.78 is 10.0. The zero-order valence-corrected chi connectivity index (χ0v) is 18.2. The van der Waals surface area contributed by atoms with E-state index < -0.39 is 0 Å². The molecule has 0 radical (unpaired) electrons. The first-order valence-electron chi connectivity index (χ1n) is 10.3. The second-order valence-electron chi connectivity index (χ2n) is 7.47. The summed E-state index contributed by atoms with van der Waals surface area (Å²) in [5, 5.41) is 9.85. The fraction of sp³-hybridized carbons (Fsp3) is 0.409. The van der Waals surface area contributed by atoms with Gasteiger partial charge in [0.15, 0.2) is 5.16 Å². The van der Waals surface area contributed by atoms with Gasteiger partial charge in [-0.2, -0.15) is 0 Å². The van der Waals surface area contributed by atoms with Crippen molar-refractivity contribution >= 4 is 11.8 Å². The third-order valence-corrected chi connectivity index (χ3v) is 6.20. The summed E-state index contributed by atoms with van der Waals surface area (Å²) in [5.74, 6) is 2.79. The first-order chi connectivity index (χ1) is 14.7. The molecule has 1 saturated heterocycles. The summed E-state index contributed by atoms with van der Waals surface area (Å²) in [7, 11) is 2.10. The molecule has 0 N–H and O–H groups in total. The molecule has 0 aromatic carbocycles. The minimum absolute atomic E-state index is 0.328. The number of aromatic nitrogens is 5. The van der Waals surface area contributed by atoms with Crippen LogP contribution in [0.2, 0.25) is 0 Å². The molecule has 8 heteroatoms. The van der Waals surface area contributed by atoms with Gasteiger partial charge in [-0.15, -0.1) is 16.8 Å². The molecule has 4 rings (SSSR count). The lowest BCUT2D eigenvalue weighted by Gasteiger charge is -2.18. The van der Waals surface area contributed by atoms with Crippen LogP contribution < -0.4 is 0 Å². The Bertz CT molecular complexity index is 948. The predicted octanol–water partition coefficient (Wildman–Crippen LogP) is 3.55. The van der Waals surface area contributed by atoms with Crippen molar-refractivity contribution in [2.24, 2.45) is 0 Å². The Morgan fingerprint density at radius 1 is 1.27 bits per heavy atom. The Morgan fingerprint density at radius 3 is 2.97 bits per heavy atom. The molecule has 0 spiro atoms. The lowest BCUT2D eigenvalue weighted by atomic mass is 10.3. The molecule has 1 atom stereocenters. The van der Waals surface area contributed by atoms with Gasteiger partial charge in [0.1, 0.15) is 11.6 Å². The topological polar surface area (TPSA) is 61.0 Å². The third kappa shape index (κ3) is 5.00. The summed E-state index contributed by atoms with van der Waals surface area (Å²) in [6.07, 6.45) is 8.38. The minimum atomic E-state index is 0.328. The highest BCUT2D eigenvalue weighted by Gasteiger charge is 2.19. The van der Waals surface area contributed by atoms with Crippen LogP contribution >= 0.6 is 11.8 Å². The van der Waals surface area contributed by atoms with Crippen molar-refractivity contribution in [1.29, 1.82) is 0 Å². The summed E-state index contributed by atoms with van der Waals surface area (Å²) >= 11 is 1.72. The molecule has 3 aromatic rings. The largest absolute Gasteiger partial charge is 0.377 e. The molecule has 1 aliphatic rings. The normalized spacial score (nSPS) is 16.4. The standard InChI is InChI=1S/C22H28N6OS/c1-3-12-28-21(24-25-22(28)30-17-19-9-7-14-29-19)16-26(2)15-18-8-6-13-27(18)20-10-4-5-11-23-20/h3-6,8,10-11,13,19H,1,7,9,12,14-17H2,2H3. The van der Waals surface area contributed by atoms with Gasteiger partial charge in [0.25, 0.3) is 0 Å². The van der Waals surface area contributed by atoms with Gasteiger partial charge in [0.05, 0.1) is 12.6 Å². The van der Waals surface area contributed by atoms with E-state index in [2.05, 4.69) is 55.0 Å². The lowest BCUT2D eigenvalue weighted by Crippen LogP contribution is -2.22. The molecule has 3 aromatic heterocycles. The molecule has 1 unspecified atom stereocenters. The van der Waals surface area contributed by atoms with Crippen molar-refractivity contribution in [3.8, 4) is 5.82 Å².